The van der Waals surface area contributed by atoms with Gasteiger partial charge in [-0.2, -0.15) is 0 Å². The molecule has 0 spiro atoms. The first-order valence-electron chi connectivity index (χ1n) is 10.3. The van der Waals surface area contributed by atoms with Crippen LogP contribution in [0.3, 0.4) is 0 Å². The quantitative estimate of drug-likeness (QED) is 0.558. The van der Waals surface area contributed by atoms with Gasteiger partial charge in [0.05, 0.1) is 0 Å². The molecule has 1 heterocycles. The van der Waals surface area contributed by atoms with Crippen LogP contribution in [-0.4, -0.2) is 30.3 Å². The molecule has 1 aliphatic heterocycles. The molecule has 2 amide bonds. The van der Waals surface area contributed by atoms with Gasteiger partial charge in [0.15, 0.2) is 0 Å². The van der Waals surface area contributed by atoms with Crippen LogP contribution >= 0.6 is 0 Å². The normalized spacial score (nSPS) is 13.3. The van der Waals surface area contributed by atoms with Gasteiger partial charge < -0.3 is 21.3 Å². The number of rotatable bonds is 5. The molecule has 6 nitrogen and oxygen atoms in total. The molecule has 0 unspecified atom stereocenters. The number of carbonyl (C=O) groups excluding carboxylic acids is 2. The number of hydrogen-bond donors (Lipinski definition) is 3. The molecule has 0 bridgehead atoms. The van der Waals surface area contributed by atoms with Gasteiger partial charge in [0.2, 0.25) is 0 Å². The largest absolute Gasteiger partial charge is 0.399 e. The Kier molecular flexibility index (Phi) is 6.00. The van der Waals surface area contributed by atoms with Crippen LogP contribution in [0.1, 0.15) is 37.4 Å². The van der Waals surface area contributed by atoms with Crippen LogP contribution < -0.4 is 16.4 Å². The number of fused-ring (bicyclic) bond motifs is 1. The molecule has 31 heavy (non-hydrogen) atoms. The van der Waals surface area contributed by atoms with Crippen molar-refractivity contribution in [3.8, 4) is 0 Å². The Morgan fingerprint density at radius 2 is 1.74 bits per heavy atom. The lowest BCUT2D eigenvalue weighted by Gasteiger charge is -2.25. The highest BCUT2D eigenvalue weighted by Gasteiger charge is 2.14. The van der Waals surface area contributed by atoms with Gasteiger partial charge in [0.25, 0.3) is 11.8 Å². The SMILES string of the molecule is CN1CCc2ccc(NC(=O)c3cccc(CNC(=O)c4ccc(N)cc4)c3)cc2C1. The molecule has 0 fully saturated rings. The van der Waals surface area contributed by atoms with Gasteiger partial charge in [-0.25, -0.2) is 0 Å². The fourth-order valence-corrected chi connectivity index (χ4v) is 3.72. The number of amides is 2. The van der Waals surface area contributed by atoms with Crippen molar-refractivity contribution in [2.75, 3.05) is 24.6 Å². The predicted octanol–water partition coefficient (Wildman–Crippen LogP) is 3.44. The molecule has 0 saturated heterocycles. The van der Waals surface area contributed by atoms with E-state index in [1.807, 2.05) is 18.2 Å². The summed E-state index contributed by atoms with van der Waals surface area (Å²) in [4.78, 5) is 27.3. The summed E-state index contributed by atoms with van der Waals surface area (Å²) in [6.07, 6.45) is 1.03. The van der Waals surface area contributed by atoms with E-state index in [4.69, 9.17) is 5.73 Å². The molecule has 0 aromatic heterocycles. The van der Waals surface area contributed by atoms with Crippen LogP contribution in [0.2, 0.25) is 0 Å². The number of anilines is 2. The van der Waals surface area contributed by atoms with Crippen LogP contribution in [0.15, 0.2) is 66.7 Å². The minimum atomic E-state index is -0.186. The smallest absolute Gasteiger partial charge is 0.255 e. The minimum absolute atomic E-state index is 0.171. The highest BCUT2D eigenvalue weighted by Crippen LogP contribution is 2.22. The summed E-state index contributed by atoms with van der Waals surface area (Å²) in [5, 5.41) is 5.86. The third kappa shape index (κ3) is 5.10. The number of nitrogens with two attached hydrogens (primary N) is 1. The maximum Gasteiger partial charge on any atom is 0.255 e. The van der Waals surface area contributed by atoms with Crippen molar-refractivity contribution >= 4 is 23.2 Å². The van der Waals surface area contributed by atoms with Gasteiger partial charge in [-0.1, -0.05) is 18.2 Å². The summed E-state index contributed by atoms with van der Waals surface area (Å²) >= 11 is 0. The predicted molar refractivity (Wildman–Crippen MR) is 123 cm³/mol. The average Bonchev–Trinajstić information content (AvgIpc) is 2.78. The van der Waals surface area contributed by atoms with Crippen LogP contribution in [-0.2, 0) is 19.5 Å². The summed E-state index contributed by atoms with van der Waals surface area (Å²) in [6.45, 7) is 2.28. The number of nitrogens with zero attached hydrogens (tertiary/aromatic N) is 1. The van der Waals surface area contributed by atoms with E-state index in [2.05, 4.69) is 34.7 Å². The Hall–Kier alpha value is -3.64. The second-order valence-corrected chi connectivity index (χ2v) is 7.93. The van der Waals surface area contributed by atoms with Gasteiger partial charge in [-0.05, 0) is 78.7 Å². The van der Waals surface area contributed by atoms with Gasteiger partial charge in [0, 0.05) is 42.1 Å². The van der Waals surface area contributed by atoms with Gasteiger partial charge in [-0.3, -0.25) is 9.59 Å². The maximum atomic E-state index is 12.8. The first-order valence-corrected chi connectivity index (χ1v) is 10.3. The number of nitrogens with one attached hydrogen (secondary N) is 2. The monoisotopic (exact) mass is 414 g/mol. The Labute approximate surface area is 182 Å². The van der Waals surface area contributed by atoms with Crippen molar-refractivity contribution in [3.63, 3.8) is 0 Å². The van der Waals surface area contributed by atoms with Crippen molar-refractivity contribution in [1.82, 2.24) is 10.2 Å². The molecule has 3 aromatic rings. The molecular formula is C25H26N4O2. The Balaban J connectivity index is 1.39. The lowest BCUT2D eigenvalue weighted by molar-refractivity contribution is 0.0950. The molecule has 158 valence electrons. The first kappa shape index (κ1) is 20.6. The van der Waals surface area contributed by atoms with E-state index in [0.717, 1.165) is 30.8 Å². The molecular weight excluding hydrogens is 388 g/mol. The zero-order valence-corrected chi connectivity index (χ0v) is 17.5. The zero-order chi connectivity index (χ0) is 21.8. The van der Waals surface area contributed by atoms with Crippen LogP contribution in [0.4, 0.5) is 11.4 Å². The van der Waals surface area contributed by atoms with Crippen LogP contribution in [0.5, 0.6) is 0 Å². The third-order valence-corrected chi connectivity index (χ3v) is 5.48. The third-order valence-electron chi connectivity index (χ3n) is 5.48. The van der Waals surface area contributed by atoms with Crippen molar-refractivity contribution < 1.29 is 9.59 Å². The summed E-state index contributed by atoms with van der Waals surface area (Å²) < 4.78 is 0. The van der Waals surface area contributed by atoms with E-state index in [0.29, 0.717) is 23.4 Å². The van der Waals surface area contributed by atoms with E-state index >= 15 is 0 Å². The number of hydrogen-bond acceptors (Lipinski definition) is 4. The summed E-state index contributed by atoms with van der Waals surface area (Å²) in [5.41, 5.74) is 11.6. The fraction of sp³-hybridized carbons (Fsp3) is 0.200. The molecule has 1 aliphatic rings. The second kappa shape index (κ2) is 9.02. The van der Waals surface area contributed by atoms with Crippen molar-refractivity contribution in [2.24, 2.45) is 0 Å². The maximum absolute atomic E-state index is 12.8. The standard InChI is InChI=1S/C25H26N4O2/c1-29-12-11-18-7-10-23(14-21(18)16-29)28-25(31)20-4-2-3-17(13-20)15-27-24(30)19-5-8-22(26)9-6-19/h2-10,13-14H,11-12,15-16,26H2,1H3,(H,27,30)(H,28,31). The number of likely N-dealkylation sites (N-methyl/N-ethyl adjacent to an activating group) is 1. The second-order valence-electron chi connectivity index (χ2n) is 7.93. The van der Waals surface area contributed by atoms with Crippen molar-refractivity contribution in [1.29, 1.82) is 0 Å². The number of benzene rings is 3. The van der Waals surface area contributed by atoms with E-state index in [1.165, 1.54) is 11.1 Å². The molecule has 6 heteroatoms. The first-order chi connectivity index (χ1) is 15.0. The summed E-state index contributed by atoms with van der Waals surface area (Å²) in [5.74, 6) is -0.357. The molecule has 4 N–H and O–H groups in total. The molecule has 0 aliphatic carbocycles. The lowest BCUT2D eigenvalue weighted by Crippen LogP contribution is -2.26. The highest BCUT2D eigenvalue weighted by atomic mass is 16.2. The van der Waals surface area contributed by atoms with Crippen molar-refractivity contribution in [3.05, 3.63) is 94.5 Å². The summed E-state index contributed by atoms with van der Waals surface area (Å²) in [7, 11) is 2.10. The topological polar surface area (TPSA) is 87.5 Å². The average molecular weight is 415 g/mol. The lowest BCUT2D eigenvalue weighted by atomic mass is 9.99. The van der Waals surface area contributed by atoms with Gasteiger partial charge >= 0.3 is 0 Å². The Morgan fingerprint density at radius 3 is 2.55 bits per heavy atom. The van der Waals surface area contributed by atoms with Crippen LogP contribution in [0.25, 0.3) is 0 Å². The zero-order valence-electron chi connectivity index (χ0n) is 17.5. The molecule has 0 saturated carbocycles. The van der Waals surface area contributed by atoms with Crippen molar-refractivity contribution in [2.45, 2.75) is 19.5 Å². The number of nitrogen functional groups attached to an aromatic ring is 1. The summed E-state index contributed by atoms with van der Waals surface area (Å²) in [6, 6.07) is 20.1. The van der Waals surface area contributed by atoms with Gasteiger partial charge in [0.1, 0.15) is 0 Å². The Bertz CT molecular complexity index is 1110. The highest BCUT2D eigenvalue weighted by molar-refractivity contribution is 6.04. The molecule has 3 aromatic carbocycles. The van der Waals surface area contributed by atoms with E-state index in [1.54, 1.807) is 36.4 Å². The molecule has 0 radical (unpaired) electrons. The van der Waals surface area contributed by atoms with Crippen LogP contribution in [0, 0.1) is 0 Å². The van der Waals surface area contributed by atoms with E-state index < -0.39 is 0 Å². The Morgan fingerprint density at radius 1 is 0.935 bits per heavy atom. The minimum Gasteiger partial charge on any atom is -0.399 e. The van der Waals surface area contributed by atoms with Gasteiger partial charge in [-0.15, -0.1) is 0 Å². The molecule has 0 atom stereocenters. The van der Waals surface area contributed by atoms with E-state index in [-0.39, 0.29) is 11.8 Å². The molecule has 4 rings (SSSR count). The van der Waals surface area contributed by atoms with E-state index in [9.17, 15) is 9.59 Å². The number of carbonyl (C=O) groups is 2. The fourth-order valence-electron chi connectivity index (χ4n) is 3.72.